The van der Waals surface area contributed by atoms with E-state index in [9.17, 15) is 9.59 Å². The number of nitrogens with one attached hydrogen (secondary N) is 1. The number of anilines is 1. The highest BCUT2D eigenvalue weighted by Crippen LogP contribution is 2.24. The van der Waals surface area contributed by atoms with Gasteiger partial charge in [0, 0.05) is 24.5 Å². The van der Waals surface area contributed by atoms with Crippen LogP contribution in [0.2, 0.25) is 0 Å². The van der Waals surface area contributed by atoms with Crippen molar-refractivity contribution in [3.63, 3.8) is 0 Å². The zero-order chi connectivity index (χ0) is 18.6. The summed E-state index contributed by atoms with van der Waals surface area (Å²) < 4.78 is 7.33. The predicted octanol–water partition coefficient (Wildman–Crippen LogP) is 3.47. The van der Waals surface area contributed by atoms with E-state index in [0.29, 0.717) is 12.5 Å². The van der Waals surface area contributed by atoms with E-state index in [0.717, 1.165) is 35.3 Å². The maximum atomic E-state index is 12.9. The van der Waals surface area contributed by atoms with Crippen molar-refractivity contribution in [3.8, 4) is 5.88 Å². The summed E-state index contributed by atoms with van der Waals surface area (Å²) in [6, 6.07) is 7.44. The van der Waals surface area contributed by atoms with Crippen LogP contribution in [0.4, 0.5) is 5.69 Å². The molecule has 2 rings (SSSR count). The molecule has 134 valence electrons. The Bertz CT molecular complexity index is 815. The van der Waals surface area contributed by atoms with Gasteiger partial charge in [-0.05, 0) is 37.8 Å². The van der Waals surface area contributed by atoms with Crippen LogP contribution in [0.25, 0.3) is 0 Å². The van der Waals surface area contributed by atoms with Gasteiger partial charge in [-0.15, -0.1) is 0 Å². The molecule has 0 spiro atoms. The Morgan fingerprint density at radius 3 is 2.28 bits per heavy atom. The molecule has 0 saturated carbocycles. The monoisotopic (exact) mass is 342 g/mol. The minimum absolute atomic E-state index is 0.0444. The summed E-state index contributed by atoms with van der Waals surface area (Å²) in [5.74, 6) is -0.128. The van der Waals surface area contributed by atoms with Crippen LogP contribution in [0.3, 0.4) is 0 Å². The molecule has 0 bridgehead atoms. The van der Waals surface area contributed by atoms with Crippen molar-refractivity contribution < 1.29 is 9.53 Å². The Balaban J connectivity index is 2.54. The van der Waals surface area contributed by atoms with Gasteiger partial charge >= 0.3 is 0 Å². The van der Waals surface area contributed by atoms with Crippen LogP contribution in [0.1, 0.15) is 48.0 Å². The van der Waals surface area contributed by atoms with Gasteiger partial charge in [0.25, 0.3) is 5.91 Å². The van der Waals surface area contributed by atoms with E-state index in [1.165, 1.54) is 6.07 Å². The first-order valence-electron chi connectivity index (χ1n) is 8.70. The SMILES string of the molecule is CCOc1c(C(=O)Nc2c(CC)cccc2CC)c(=O)cc(C)n1C. The molecule has 0 aliphatic heterocycles. The van der Waals surface area contributed by atoms with E-state index in [4.69, 9.17) is 4.74 Å². The van der Waals surface area contributed by atoms with Gasteiger partial charge in [0.15, 0.2) is 5.43 Å². The Kier molecular flexibility index (Phi) is 6.02. The number of carbonyl (C=O) groups is 1. The summed E-state index contributed by atoms with van der Waals surface area (Å²) in [7, 11) is 1.79. The van der Waals surface area contributed by atoms with Crippen LogP contribution in [0, 0.1) is 6.92 Å². The molecule has 0 radical (unpaired) electrons. The standard InChI is InChI=1S/C20H26N2O3/c1-6-14-10-9-11-15(7-2)18(14)21-19(24)17-16(23)12-13(4)22(5)20(17)25-8-3/h9-12H,6-8H2,1-5H3,(H,21,24). The summed E-state index contributed by atoms with van der Waals surface area (Å²) in [4.78, 5) is 25.4. The second-order valence-electron chi connectivity index (χ2n) is 5.93. The lowest BCUT2D eigenvalue weighted by Crippen LogP contribution is -2.26. The molecular formula is C20H26N2O3. The van der Waals surface area contributed by atoms with E-state index >= 15 is 0 Å². The van der Waals surface area contributed by atoms with Crippen molar-refractivity contribution in [3.05, 3.63) is 56.9 Å². The summed E-state index contributed by atoms with van der Waals surface area (Å²) in [6.45, 7) is 8.11. The molecule has 5 nitrogen and oxygen atoms in total. The van der Waals surface area contributed by atoms with Gasteiger partial charge in [-0.2, -0.15) is 0 Å². The van der Waals surface area contributed by atoms with Gasteiger partial charge in [-0.1, -0.05) is 32.0 Å². The summed E-state index contributed by atoms with van der Waals surface area (Å²) in [5, 5.41) is 2.95. The maximum absolute atomic E-state index is 12.9. The van der Waals surface area contributed by atoms with E-state index in [2.05, 4.69) is 5.32 Å². The molecule has 1 N–H and O–H groups in total. The first-order valence-corrected chi connectivity index (χ1v) is 8.70. The van der Waals surface area contributed by atoms with Crippen LogP contribution in [-0.2, 0) is 19.9 Å². The molecule has 0 unspecified atom stereocenters. The highest BCUT2D eigenvalue weighted by atomic mass is 16.5. The van der Waals surface area contributed by atoms with Gasteiger partial charge in [0.2, 0.25) is 5.88 Å². The number of carbonyl (C=O) groups excluding carboxylic acids is 1. The number of aromatic nitrogens is 1. The number of nitrogens with zero attached hydrogens (tertiary/aromatic N) is 1. The molecule has 0 saturated heterocycles. The van der Waals surface area contributed by atoms with Crippen LogP contribution in [-0.4, -0.2) is 17.1 Å². The average Bonchev–Trinajstić information content (AvgIpc) is 2.59. The molecule has 0 aliphatic carbocycles. The highest BCUT2D eigenvalue weighted by Gasteiger charge is 2.22. The van der Waals surface area contributed by atoms with Gasteiger partial charge in [-0.3, -0.25) is 9.59 Å². The number of benzene rings is 1. The van der Waals surface area contributed by atoms with Crippen molar-refractivity contribution in [2.75, 3.05) is 11.9 Å². The minimum atomic E-state index is -0.431. The normalized spacial score (nSPS) is 10.6. The van der Waals surface area contributed by atoms with Crippen molar-refractivity contribution in [2.45, 2.75) is 40.5 Å². The van der Waals surface area contributed by atoms with Crippen LogP contribution >= 0.6 is 0 Å². The molecule has 1 amide bonds. The third-order valence-electron chi connectivity index (χ3n) is 4.38. The molecule has 1 aromatic carbocycles. The molecule has 0 fully saturated rings. The number of hydrogen-bond donors (Lipinski definition) is 1. The summed E-state index contributed by atoms with van der Waals surface area (Å²) in [5.41, 5.74) is 3.35. The Hall–Kier alpha value is -2.56. The molecule has 0 aliphatic rings. The van der Waals surface area contributed by atoms with Crippen LogP contribution < -0.4 is 15.5 Å². The molecular weight excluding hydrogens is 316 g/mol. The van der Waals surface area contributed by atoms with E-state index in [-0.39, 0.29) is 11.0 Å². The Morgan fingerprint density at radius 1 is 1.16 bits per heavy atom. The van der Waals surface area contributed by atoms with Crippen molar-refractivity contribution in [2.24, 2.45) is 7.05 Å². The zero-order valence-electron chi connectivity index (χ0n) is 15.6. The molecule has 2 aromatic rings. The molecule has 5 heteroatoms. The molecule has 1 aromatic heterocycles. The quantitative estimate of drug-likeness (QED) is 0.874. The number of aryl methyl sites for hydroxylation is 3. The number of amides is 1. The second-order valence-corrected chi connectivity index (χ2v) is 5.93. The number of hydrogen-bond acceptors (Lipinski definition) is 3. The lowest BCUT2D eigenvalue weighted by Gasteiger charge is -2.18. The molecule has 25 heavy (non-hydrogen) atoms. The van der Waals surface area contributed by atoms with Gasteiger partial charge in [0.1, 0.15) is 5.56 Å². The first kappa shape index (κ1) is 18.8. The third kappa shape index (κ3) is 3.76. The van der Waals surface area contributed by atoms with Gasteiger partial charge in [0.05, 0.1) is 6.61 Å². The highest BCUT2D eigenvalue weighted by molar-refractivity contribution is 6.06. The summed E-state index contributed by atoms with van der Waals surface area (Å²) in [6.07, 6.45) is 1.60. The number of rotatable bonds is 6. The lowest BCUT2D eigenvalue weighted by molar-refractivity contribution is 0.102. The Morgan fingerprint density at radius 2 is 1.76 bits per heavy atom. The zero-order valence-corrected chi connectivity index (χ0v) is 15.6. The largest absolute Gasteiger partial charge is 0.478 e. The van der Waals surface area contributed by atoms with E-state index in [1.807, 2.05) is 45.9 Å². The number of ether oxygens (including phenoxy) is 1. The molecule has 1 heterocycles. The van der Waals surface area contributed by atoms with Crippen molar-refractivity contribution in [1.82, 2.24) is 4.57 Å². The van der Waals surface area contributed by atoms with Crippen molar-refractivity contribution in [1.29, 1.82) is 0 Å². The lowest BCUT2D eigenvalue weighted by atomic mass is 10.0. The maximum Gasteiger partial charge on any atom is 0.265 e. The Labute approximate surface area is 148 Å². The van der Waals surface area contributed by atoms with Gasteiger partial charge in [-0.25, -0.2) is 0 Å². The number of pyridine rings is 1. The van der Waals surface area contributed by atoms with Gasteiger partial charge < -0.3 is 14.6 Å². The first-order chi connectivity index (χ1) is 11.9. The number of para-hydroxylation sites is 1. The van der Waals surface area contributed by atoms with Crippen LogP contribution in [0.5, 0.6) is 5.88 Å². The predicted molar refractivity (Wildman–Crippen MR) is 101 cm³/mol. The fraction of sp³-hybridized carbons (Fsp3) is 0.400. The van der Waals surface area contributed by atoms with E-state index < -0.39 is 5.91 Å². The topological polar surface area (TPSA) is 60.3 Å². The molecule has 0 atom stereocenters. The fourth-order valence-corrected chi connectivity index (χ4v) is 2.89. The third-order valence-corrected chi connectivity index (χ3v) is 4.38. The average molecular weight is 342 g/mol. The smallest absolute Gasteiger partial charge is 0.265 e. The van der Waals surface area contributed by atoms with Crippen molar-refractivity contribution >= 4 is 11.6 Å². The summed E-state index contributed by atoms with van der Waals surface area (Å²) >= 11 is 0. The van der Waals surface area contributed by atoms with E-state index in [1.54, 1.807) is 11.6 Å². The minimum Gasteiger partial charge on any atom is -0.478 e. The second kappa shape index (κ2) is 8.01. The fourth-order valence-electron chi connectivity index (χ4n) is 2.89. The van der Waals surface area contributed by atoms with Crippen LogP contribution in [0.15, 0.2) is 29.1 Å².